The van der Waals surface area contributed by atoms with Gasteiger partial charge in [0.1, 0.15) is 17.3 Å². The van der Waals surface area contributed by atoms with E-state index in [4.69, 9.17) is 24.8 Å². The van der Waals surface area contributed by atoms with E-state index in [1.807, 2.05) is 88.9 Å². The van der Waals surface area contributed by atoms with Crippen molar-refractivity contribution < 1.29 is 50.9 Å². The van der Waals surface area contributed by atoms with E-state index in [1.165, 1.54) is 0 Å². The lowest BCUT2D eigenvalue weighted by Gasteiger charge is -2.04. The van der Waals surface area contributed by atoms with Crippen LogP contribution < -0.4 is 5.32 Å². The minimum atomic E-state index is -5.08. The van der Waals surface area contributed by atoms with E-state index in [-0.39, 0.29) is 5.91 Å². The van der Waals surface area contributed by atoms with E-state index in [0.29, 0.717) is 12.1 Å². The van der Waals surface area contributed by atoms with E-state index < -0.39 is 24.3 Å². The first-order valence-corrected chi connectivity index (χ1v) is 12.5. The van der Waals surface area contributed by atoms with Crippen molar-refractivity contribution in [2.75, 3.05) is 0 Å². The number of carbonyl (C=O) groups is 3. The number of pyridine rings is 3. The predicted octanol–water partition coefficient (Wildman–Crippen LogP) is 5.09. The van der Waals surface area contributed by atoms with E-state index in [1.54, 1.807) is 12.4 Å². The molecule has 0 saturated carbocycles. The van der Waals surface area contributed by atoms with Gasteiger partial charge in [-0.05, 0) is 49.4 Å². The van der Waals surface area contributed by atoms with Gasteiger partial charge in [-0.1, -0.05) is 18.2 Å². The highest BCUT2D eigenvalue weighted by Gasteiger charge is 2.38. The van der Waals surface area contributed by atoms with Crippen LogP contribution in [0.4, 0.5) is 26.3 Å². The fourth-order valence-corrected chi connectivity index (χ4v) is 3.63. The third-order valence-electron chi connectivity index (χ3n) is 5.60. The van der Waals surface area contributed by atoms with Crippen LogP contribution in [0.3, 0.4) is 0 Å². The number of imidazole rings is 1. The second-order valence-electron chi connectivity index (χ2n) is 8.74. The Kier molecular flexibility index (Phi) is 10.6. The van der Waals surface area contributed by atoms with Crippen LogP contribution in [-0.2, 0) is 16.1 Å². The number of fused-ring (bicyclic) bond motifs is 1. The van der Waals surface area contributed by atoms with E-state index in [0.717, 1.165) is 34.2 Å². The number of nitrogens with one attached hydrogen (secondary N) is 1. The van der Waals surface area contributed by atoms with Crippen LogP contribution in [-0.4, -0.2) is 64.3 Å². The number of halogens is 6. The number of rotatable bonds is 5. The topological polar surface area (TPSA) is 152 Å². The number of carboxylic acid groups (broad SMARTS) is 2. The lowest BCUT2D eigenvalue weighted by molar-refractivity contribution is -0.193. The molecule has 0 aliphatic heterocycles. The van der Waals surface area contributed by atoms with Gasteiger partial charge in [-0.15, -0.1) is 0 Å². The number of aliphatic carboxylic acids is 2. The van der Waals surface area contributed by atoms with Crippen molar-refractivity contribution in [3.05, 3.63) is 103 Å². The van der Waals surface area contributed by atoms with Crippen LogP contribution in [0.1, 0.15) is 21.9 Å². The average molecular weight is 637 g/mol. The molecule has 0 fully saturated rings. The van der Waals surface area contributed by atoms with Crippen LogP contribution in [0.25, 0.3) is 22.7 Å². The smallest absolute Gasteiger partial charge is 0.475 e. The quantitative estimate of drug-likeness (QED) is 0.226. The van der Waals surface area contributed by atoms with Gasteiger partial charge in [-0.2, -0.15) is 26.3 Å². The summed E-state index contributed by atoms with van der Waals surface area (Å²) in [6.07, 6.45) is -2.81. The zero-order valence-electron chi connectivity index (χ0n) is 22.9. The fourth-order valence-electron chi connectivity index (χ4n) is 3.63. The lowest BCUT2D eigenvalue weighted by atomic mass is 10.2. The molecule has 0 aliphatic carbocycles. The number of hydrogen-bond acceptors (Lipinski definition) is 6. The number of carbonyl (C=O) groups excluding carboxylic acids is 1. The molecule has 5 heterocycles. The molecule has 17 heteroatoms. The average Bonchev–Trinajstić information content (AvgIpc) is 3.57. The van der Waals surface area contributed by atoms with Crippen molar-refractivity contribution in [2.24, 2.45) is 0 Å². The summed E-state index contributed by atoms with van der Waals surface area (Å²) in [5.41, 5.74) is 3.84. The molecule has 236 valence electrons. The largest absolute Gasteiger partial charge is 0.490 e. The molecule has 5 rings (SSSR count). The van der Waals surface area contributed by atoms with Gasteiger partial charge in [0.05, 0.1) is 29.0 Å². The number of amides is 1. The molecular formula is C28H22F6N6O5. The summed E-state index contributed by atoms with van der Waals surface area (Å²) in [5, 5.41) is 17.2. The Hall–Kier alpha value is -5.74. The summed E-state index contributed by atoms with van der Waals surface area (Å²) < 4.78 is 67.4. The molecule has 0 bridgehead atoms. The van der Waals surface area contributed by atoms with Crippen LogP contribution in [0.2, 0.25) is 0 Å². The van der Waals surface area contributed by atoms with Gasteiger partial charge in [-0.25, -0.2) is 19.6 Å². The normalized spacial score (nSPS) is 11.1. The van der Waals surface area contributed by atoms with Gasteiger partial charge in [0.2, 0.25) is 0 Å². The zero-order chi connectivity index (χ0) is 33.4. The van der Waals surface area contributed by atoms with Crippen LogP contribution in [0, 0.1) is 6.92 Å². The summed E-state index contributed by atoms with van der Waals surface area (Å²) >= 11 is 0. The first-order valence-electron chi connectivity index (χ1n) is 12.5. The monoisotopic (exact) mass is 636 g/mol. The number of nitrogens with zero attached hydrogens (tertiary/aromatic N) is 5. The maximum Gasteiger partial charge on any atom is 0.490 e. The molecule has 1 amide bonds. The van der Waals surface area contributed by atoms with E-state index >= 15 is 0 Å². The number of carboxylic acids is 2. The predicted molar refractivity (Wildman–Crippen MR) is 145 cm³/mol. The van der Waals surface area contributed by atoms with Crippen molar-refractivity contribution >= 4 is 23.4 Å². The zero-order valence-corrected chi connectivity index (χ0v) is 22.9. The number of alkyl halides is 6. The van der Waals surface area contributed by atoms with Gasteiger partial charge in [0.25, 0.3) is 5.91 Å². The molecule has 5 aromatic rings. The van der Waals surface area contributed by atoms with E-state index in [2.05, 4.69) is 15.3 Å². The minimum absolute atomic E-state index is 0.151. The third kappa shape index (κ3) is 9.12. The first-order chi connectivity index (χ1) is 21.1. The molecule has 11 nitrogen and oxygen atoms in total. The van der Waals surface area contributed by atoms with Gasteiger partial charge < -0.3 is 19.9 Å². The SMILES string of the molecule is Cc1nc(-c2cc(C(=O)NCc3ccccn3)c3ccccn23)cn1-c1ccccn1.O=C(O)C(F)(F)F.O=C(O)C(F)(F)F. The second-order valence-corrected chi connectivity index (χ2v) is 8.74. The van der Waals surface area contributed by atoms with Gasteiger partial charge >= 0.3 is 24.3 Å². The highest BCUT2D eigenvalue weighted by molar-refractivity contribution is 6.02. The van der Waals surface area contributed by atoms with E-state index in [9.17, 15) is 31.1 Å². The Balaban J connectivity index is 0.000000331. The lowest BCUT2D eigenvalue weighted by Crippen LogP contribution is -2.23. The molecule has 3 N–H and O–H groups in total. The molecule has 0 unspecified atom stereocenters. The second kappa shape index (κ2) is 14.2. The summed E-state index contributed by atoms with van der Waals surface area (Å²) in [7, 11) is 0. The van der Waals surface area contributed by atoms with Crippen LogP contribution >= 0.6 is 0 Å². The third-order valence-corrected chi connectivity index (χ3v) is 5.60. The van der Waals surface area contributed by atoms with Crippen molar-refractivity contribution in [3.8, 4) is 17.2 Å². The Bertz CT molecular complexity index is 1750. The Morgan fingerprint density at radius 2 is 1.42 bits per heavy atom. The first kappa shape index (κ1) is 33.8. The summed E-state index contributed by atoms with van der Waals surface area (Å²) in [4.78, 5) is 44.2. The molecule has 0 radical (unpaired) electrons. The molecule has 0 spiro atoms. The molecule has 0 saturated heterocycles. The standard InChI is InChI=1S/C24H20N6O.2C2HF3O2/c1-17-28-20(16-30(17)23-10-3-6-12-26-23)22-14-19(21-9-4-7-13-29(21)22)24(31)27-15-18-8-2-5-11-25-18;2*3-2(4,5)1(6)7/h2-14,16H,15H2,1H3,(H,27,31);2*(H,6,7). The highest BCUT2D eigenvalue weighted by Crippen LogP contribution is 2.27. The Morgan fingerprint density at radius 3 is 1.96 bits per heavy atom. The van der Waals surface area contributed by atoms with Crippen LogP contribution in [0.5, 0.6) is 0 Å². The number of aryl methyl sites for hydroxylation is 1. The van der Waals surface area contributed by atoms with Gasteiger partial charge in [-0.3, -0.25) is 14.3 Å². The maximum absolute atomic E-state index is 13.0. The fraction of sp³-hybridized carbons (Fsp3) is 0.143. The van der Waals surface area contributed by atoms with Crippen molar-refractivity contribution in [3.63, 3.8) is 0 Å². The summed E-state index contributed by atoms with van der Waals surface area (Å²) in [6.45, 7) is 2.31. The number of aromatic nitrogens is 5. The minimum Gasteiger partial charge on any atom is -0.475 e. The molecule has 0 aromatic carbocycles. The molecular weight excluding hydrogens is 614 g/mol. The van der Waals surface area contributed by atoms with Crippen molar-refractivity contribution in [1.29, 1.82) is 0 Å². The van der Waals surface area contributed by atoms with Crippen LogP contribution in [0.15, 0.2) is 85.5 Å². The van der Waals surface area contributed by atoms with Crippen molar-refractivity contribution in [1.82, 2.24) is 29.2 Å². The van der Waals surface area contributed by atoms with Gasteiger partial charge in [0, 0.05) is 24.8 Å². The molecule has 5 aromatic heterocycles. The molecule has 0 aliphatic rings. The highest BCUT2D eigenvalue weighted by atomic mass is 19.4. The molecule has 0 atom stereocenters. The molecule has 45 heavy (non-hydrogen) atoms. The Labute approximate surface area is 249 Å². The Morgan fingerprint density at radius 1 is 0.844 bits per heavy atom. The van der Waals surface area contributed by atoms with Gasteiger partial charge in [0.15, 0.2) is 0 Å². The summed E-state index contributed by atoms with van der Waals surface area (Å²) in [6, 6.07) is 19.1. The number of hydrogen-bond donors (Lipinski definition) is 3. The maximum atomic E-state index is 13.0. The summed E-state index contributed by atoms with van der Waals surface area (Å²) in [5.74, 6) is -4.05. The van der Waals surface area contributed by atoms with Crippen molar-refractivity contribution in [2.45, 2.75) is 25.8 Å².